The Bertz CT molecular complexity index is 498. The largest absolute Gasteiger partial charge is 0.381 e. The van der Waals surface area contributed by atoms with Crippen LogP contribution < -0.4 is 11.1 Å². The van der Waals surface area contributed by atoms with Gasteiger partial charge in [0.05, 0.1) is 5.69 Å². The Morgan fingerprint density at radius 2 is 2.19 bits per heavy atom. The Morgan fingerprint density at radius 1 is 1.38 bits per heavy atom. The average molecular weight is 217 g/mol. The standard InChI is InChI=1S/C11H15N5/c12-10-11-15-9(7-16(11)6-5-14-10)8-1-3-13-4-2-8/h5-8,13H,1-4H2,(H2,12,14). The van der Waals surface area contributed by atoms with Gasteiger partial charge in [-0.15, -0.1) is 0 Å². The maximum atomic E-state index is 5.79. The number of hydrogen-bond donors (Lipinski definition) is 2. The molecule has 0 amide bonds. The van der Waals surface area contributed by atoms with Crippen molar-refractivity contribution in [3.8, 4) is 0 Å². The number of nitrogens with one attached hydrogen (secondary N) is 1. The third-order valence-electron chi connectivity index (χ3n) is 3.18. The molecule has 0 spiro atoms. The number of fused-ring (bicyclic) bond motifs is 1. The van der Waals surface area contributed by atoms with Crippen LogP contribution in [0.15, 0.2) is 18.6 Å². The number of rotatable bonds is 1. The molecule has 2 aromatic rings. The first kappa shape index (κ1) is 9.59. The zero-order chi connectivity index (χ0) is 11.0. The van der Waals surface area contributed by atoms with Crippen molar-refractivity contribution in [1.29, 1.82) is 0 Å². The van der Waals surface area contributed by atoms with Crippen LogP contribution in [0.4, 0.5) is 5.82 Å². The van der Waals surface area contributed by atoms with Crippen molar-refractivity contribution >= 4 is 11.5 Å². The van der Waals surface area contributed by atoms with E-state index in [1.54, 1.807) is 6.20 Å². The highest BCUT2D eigenvalue weighted by Gasteiger charge is 2.18. The Labute approximate surface area is 93.7 Å². The Kier molecular flexibility index (Phi) is 2.25. The van der Waals surface area contributed by atoms with Gasteiger partial charge in [-0.25, -0.2) is 9.97 Å². The van der Waals surface area contributed by atoms with Crippen LogP contribution in [-0.2, 0) is 0 Å². The fourth-order valence-corrected chi connectivity index (χ4v) is 2.27. The van der Waals surface area contributed by atoms with Gasteiger partial charge in [0.1, 0.15) is 0 Å². The molecular formula is C11H15N5. The highest BCUT2D eigenvalue weighted by atomic mass is 15.1. The SMILES string of the molecule is Nc1nccn2cc(C3CCNCC3)nc12. The average Bonchev–Trinajstić information content (AvgIpc) is 2.76. The number of imidazole rings is 1. The number of nitrogens with zero attached hydrogens (tertiary/aromatic N) is 3. The van der Waals surface area contributed by atoms with Crippen molar-refractivity contribution in [2.75, 3.05) is 18.8 Å². The molecule has 5 nitrogen and oxygen atoms in total. The van der Waals surface area contributed by atoms with Crippen LogP contribution in [-0.4, -0.2) is 27.5 Å². The third kappa shape index (κ3) is 1.53. The van der Waals surface area contributed by atoms with Gasteiger partial charge in [-0.3, -0.25) is 0 Å². The molecular weight excluding hydrogens is 202 g/mol. The van der Waals surface area contributed by atoms with Crippen molar-refractivity contribution in [2.45, 2.75) is 18.8 Å². The molecule has 16 heavy (non-hydrogen) atoms. The molecule has 0 bridgehead atoms. The summed E-state index contributed by atoms with van der Waals surface area (Å²) in [7, 11) is 0. The second-order valence-electron chi connectivity index (χ2n) is 4.23. The zero-order valence-electron chi connectivity index (χ0n) is 9.06. The molecule has 2 aromatic heterocycles. The summed E-state index contributed by atoms with van der Waals surface area (Å²) >= 11 is 0. The van der Waals surface area contributed by atoms with E-state index in [0.29, 0.717) is 11.7 Å². The number of hydrogen-bond acceptors (Lipinski definition) is 4. The van der Waals surface area contributed by atoms with E-state index in [9.17, 15) is 0 Å². The van der Waals surface area contributed by atoms with Crippen molar-refractivity contribution in [3.63, 3.8) is 0 Å². The minimum Gasteiger partial charge on any atom is -0.381 e. The molecule has 1 aliphatic rings. The summed E-state index contributed by atoms with van der Waals surface area (Å²) in [5, 5.41) is 3.36. The highest BCUT2D eigenvalue weighted by molar-refractivity contribution is 5.59. The molecule has 0 unspecified atom stereocenters. The van der Waals surface area contributed by atoms with Gasteiger partial charge >= 0.3 is 0 Å². The molecule has 3 heterocycles. The molecule has 5 heteroatoms. The van der Waals surface area contributed by atoms with Crippen molar-refractivity contribution in [3.05, 3.63) is 24.3 Å². The third-order valence-corrected chi connectivity index (χ3v) is 3.18. The molecule has 0 aliphatic carbocycles. The summed E-state index contributed by atoms with van der Waals surface area (Å²) in [5.74, 6) is 1.06. The lowest BCUT2D eigenvalue weighted by atomic mass is 9.95. The molecule has 0 atom stereocenters. The normalized spacial score (nSPS) is 18.0. The van der Waals surface area contributed by atoms with Crippen LogP contribution in [0.25, 0.3) is 5.65 Å². The minimum atomic E-state index is 0.502. The van der Waals surface area contributed by atoms with Gasteiger partial charge in [-0.1, -0.05) is 0 Å². The van der Waals surface area contributed by atoms with Gasteiger partial charge in [0.15, 0.2) is 11.5 Å². The van der Waals surface area contributed by atoms with Crippen LogP contribution in [0.1, 0.15) is 24.5 Å². The van der Waals surface area contributed by atoms with Crippen molar-refractivity contribution < 1.29 is 0 Å². The monoisotopic (exact) mass is 217 g/mol. The Morgan fingerprint density at radius 3 is 2.94 bits per heavy atom. The fraction of sp³-hybridized carbons (Fsp3) is 0.455. The molecule has 3 rings (SSSR count). The minimum absolute atomic E-state index is 0.502. The van der Waals surface area contributed by atoms with Crippen LogP contribution in [0, 0.1) is 0 Å². The molecule has 0 saturated carbocycles. The zero-order valence-corrected chi connectivity index (χ0v) is 9.06. The number of aromatic nitrogens is 3. The first-order valence-corrected chi connectivity index (χ1v) is 5.64. The topological polar surface area (TPSA) is 68.2 Å². The first-order chi connectivity index (χ1) is 7.84. The van der Waals surface area contributed by atoms with Gasteiger partial charge in [0.25, 0.3) is 0 Å². The van der Waals surface area contributed by atoms with Crippen LogP contribution in [0.2, 0.25) is 0 Å². The number of nitrogen functional groups attached to an aromatic ring is 1. The summed E-state index contributed by atoms with van der Waals surface area (Å²) in [6.07, 6.45) is 7.97. The van der Waals surface area contributed by atoms with E-state index in [1.165, 1.54) is 0 Å². The molecule has 1 fully saturated rings. The summed E-state index contributed by atoms with van der Waals surface area (Å²) in [4.78, 5) is 8.63. The van der Waals surface area contributed by atoms with E-state index in [2.05, 4.69) is 21.5 Å². The van der Waals surface area contributed by atoms with Gasteiger partial charge in [0, 0.05) is 24.5 Å². The Balaban J connectivity index is 2.01. The van der Waals surface area contributed by atoms with Gasteiger partial charge < -0.3 is 15.5 Å². The fourth-order valence-electron chi connectivity index (χ4n) is 2.27. The lowest BCUT2D eigenvalue weighted by Crippen LogP contribution is -2.26. The summed E-state index contributed by atoms with van der Waals surface area (Å²) in [5.41, 5.74) is 7.71. The van der Waals surface area contributed by atoms with E-state index < -0.39 is 0 Å². The quantitative estimate of drug-likeness (QED) is 0.740. The maximum Gasteiger partial charge on any atom is 0.180 e. The van der Waals surface area contributed by atoms with Crippen LogP contribution >= 0.6 is 0 Å². The van der Waals surface area contributed by atoms with Crippen molar-refractivity contribution in [1.82, 2.24) is 19.7 Å². The Hall–Kier alpha value is -1.62. The molecule has 1 saturated heterocycles. The highest BCUT2D eigenvalue weighted by Crippen LogP contribution is 2.25. The number of piperidine rings is 1. The molecule has 3 N–H and O–H groups in total. The summed E-state index contributed by atoms with van der Waals surface area (Å²) in [6, 6.07) is 0. The summed E-state index contributed by atoms with van der Waals surface area (Å²) in [6.45, 7) is 2.15. The van der Waals surface area contributed by atoms with Crippen LogP contribution in [0.3, 0.4) is 0 Å². The van der Waals surface area contributed by atoms with Crippen LogP contribution in [0.5, 0.6) is 0 Å². The van der Waals surface area contributed by atoms with Gasteiger partial charge in [-0.05, 0) is 25.9 Å². The van der Waals surface area contributed by atoms with E-state index in [0.717, 1.165) is 37.3 Å². The second kappa shape index (κ2) is 3.75. The predicted molar refractivity (Wildman–Crippen MR) is 62.2 cm³/mol. The molecule has 0 radical (unpaired) electrons. The predicted octanol–water partition coefficient (Wildman–Crippen LogP) is 0.778. The summed E-state index contributed by atoms with van der Waals surface area (Å²) < 4.78 is 1.96. The van der Waals surface area contributed by atoms with E-state index in [4.69, 9.17) is 5.73 Å². The number of nitrogens with two attached hydrogens (primary N) is 1. The first-order valence-electron chi connectivity index (χ1n) is 5.64. The lowest BCUT2D eigenvalue weighted by molar-refractivity contribution is 0.454. The van der Waals surface area contributed by atoms with Crippen molar-refractivity contribution in [2.24, 2.45) is 0 Å². The number of anilines is 1. The molecule has 1 aliphatic heterocycles. The van der Waals surface area contributed by atoms with Gasteiger partial charge in [0.2, 0.25) is 0 Å². The van der Waals surface area contributed by atoms with E-state index in [1.807, 2.05) is 10.6 Å². The smallest absolute Gasteiger partial charge is 0.180 e. The molecule has 0 aromatic carbocycles. The van der Waals surface area contributed by atoms with Gasteiger partial charge in [-0.2, -0.15) is 0 Å². The van der Waals surface area contributed by atoms with E-state index in [-0.39, 0.29) is 0 Å². The lowest BCUT2D eigenvalue weighted by Gasteiger charge is -2.20. The maximum absolute atomic E-state index is 5.79. The van der Waals surface area contributed by atoms with E-state index >= 15 is 0 Å². The molecule has 84 valence electrons. The second-order valence-corrected chi connectivity index (χ2v) is 4.23.